The molecule has 6 rings (SSSR count). The molecule has 6 aliphatic rings. The molecule has 19 heteroatoms. The lowest BCUT2D eigenvalue weighted by Gasteiger charge is -2.23. The number of carbonyl (C=O) groups excluding carboxylic acids is 1. The Labute approximate surface area is 414 Å². The maximum Gasteiger partial charge on any atom is 0.305 e. The van der Waals surface area contributed by atoms with Crippen molar-refractivity contribution >= 4 is 17.6 Å². The van der Waals surface area contributed by atoms with E-state index in [9.17, 15) is 41.4 Å². The van der Waals surface area contributed by atoms with Gasteiger partial charge >= 0.3 is 5.97 Å². The number of hydrogen-bond acceptors (Lipinski definition) is 12. The molecule has 0 aliphatic carbocycles. The van der Waals surface area contributed by atoms with Crippen LogP contribution in [0.3, 0.4) is 0 Å². The van der Waals surface area contributed by atoms with Gasteiger partial charge in [-0.3, -0.25) is 4.79 Å². The minimum absolute atomic E-state index is 0.0208. The van der Waals surface area contributed by atoms with E-state index in [4.69, 9.17) is 55.0 Å². The number of halogens is 7. The highest BCUT2D eigenvalue weighted by Crippen LogP contribution is 2.44. The molecule has 12 nitrogen and oxygen atoms in total. The second-order valence-corrected chi connectivity index (χ2v) is 21.2. The van der Waals surface area contributed by atoms with Crippen LogP contribution < -0.4 is 0 Å². The van der Waals surface area contributed by atoms with Gasteiger partial charge in [0.15, 0.2) is 28.2 Å². The third-order valence-corrected chi connectivity index (χ3v) is 16.6. The van der Waals surface area contributed by atoms with Crippen molar-refractivity contribution in [2.75, 3.05) is 13.2 Å². The Kier molecular flexibility index (Phi) is 25.3. The zero-order valence-corrected chi connectivity index (χ0v) is 45.6. The van der Waals surface area contributed by atoms with Gasteiger partial charge in [-0.05, 0) is 94.9 Å². The summed E-state index contributed by atoms with van der Waals surface area (Å²) < 4.78 is 118. The number of aliphatic hydroxyl groups is 4. The van der Waals surface area contributed by atoms with Crippen molar-refractivity contribution in [3.63, 3.8) is 0 Å². The van der Waals surface area contributed by atoms with E-state index >= 15 is 0 Å². The van der Waals surface area contributed by atoms with Gasteiger partial charge in [0, 0.05) is 30.6 Å². The van der Waals surface area contributed by atoms with E-state index in [0.717, 1.165) is 25.7 Å². The van der Waals surface area contributed by atoms with Gasteiger partial charge in [-0.15, -0.1) is 0 Å². The van der Waals surface area contributed by atoms with Crippen LogP contribution in [0.2, 0.25) is 0 Å². The molecule has 0 aromatic carbocycles. The minimum Gasteiger partial charge on any atom is -0.432 e. The lowest BCUT2D eigenvalue weighted by Crippen LogP contribution is -2.40. The summed E-state index contributed by atoms with van der Waals surface area (Å²) in [5.74, 6) is -0.806. The van der Waals surface area contributed by atoms with E-state index in [-0.39, 0.29) is 73.5 Å². The summed E-state index contributed by atoms with van der Waals surface area (Å²) >= 11 is 5.67. The topological polar surface area (TPSA) is 163 Å². The number of rotatable bonds is 7. The van der Waals surface area contributed by atoms with Gasteiger partial charge < -0.3 is 53.6 Å². The van der Waals surface area contributed by atoms with Gasteiger partial charge in [-0.25, -0.2) is 26.3 Å². The highest BCUT2D eigenvalue weighted by molar-refractivity contribution is 6.20. The van der Waals surface area contributed by atoms with Crippen molar-refractivity contribution in [3.8, 4) is 0 Å². The second-order valence-electron chi connectivity index (χ2n) is 20.8. The molecule has 24 atom stereocenters. The lowest BCUT2D eigenvalue weighted by atomic mass is 9.87. The molecule has 6 heterocycles. The number of hydrogen-bond donors (Lipinski definition) is 4. The first-order valence-corrected chi connectivity index (χ1v) is 25.3. The first-order chi connectivity index (χ1) is 31.4. The standard InChI is InChI=1S/C10H17FO3.2C9H17FO.C8H14ClFO.2C7H13FO3/c1-5-8-6(2)10(4,11)9(14-8)13-7(3)12;2*1-5-8-6(2)9(4,10)7(3)11-8;1-4-6-5(2)8(3,10)7(9)11-6;2*1-4-7(2,8)6(10)5(3-9)11-4/h6,8-9H,5H2,1-4H3;2*6-8H,5H2,1-4H3;5-7H,4H2,1-3H3;2*4-6,9-10H,3H2,1-2H3/t6-,8+,9+,10?;2*6-,7-,8+,9?;5-,6+,7+,8?;2*4-,5+,6-,7?/m000000/s1. The van der Waals surface area contributed by atoms with E-state index < -0.39 is 88.5 Å². The molecule has 0 aromatic heterocycles. The van der Waals surface area contributed by atoms with Gasteiger partial charge in [0.25, 0.3) is 0 Å². The summed E-state index contributed by atoms with van der Waals surface area (Å²) in [5, 5.41) is 35.7. The van der Waals surface area contributed by atoms with Gasteiger partial charge in [-0.2, -0.15) is 0 Å². The molecule has 4 N–H and O–H groups in total. The molecule has 0 saturated carbocycles. The maximum absolute atomic E-state index is 14.1. The molecule has 0 amide bonds. The molecule has 0 bridgehead atoms. The second kappa shape index (κ2) is 26.4. The Balaban J connectivity index is 0.000000415. The molecule has 69 heavy (non-hydrogen) atoms. The van der Waals surface area contributed by atoms with Crippen molar-refractivity contribution in [1.82, 2.24) is 0 Å². The zero-order chi connectivity index (χ0) is 54.2. The highest BCUT2D eigenvalue weighted by Gasteiger charge is 2.55. The van der Waals surface area contributed by atoms with E-state index in [2.05, 4.69) is 0 Å². The van der Waals surface area contributed by atoms with Gasteiger partial charge in [0.2, 0.25) is 6.29 Å². The molecule has 0 radical (unpaired) electrons. The predicted molar refractivity (Wildman–Crippen MR) is 253 cm³/mol. The van der Waals surface area contributed by atoms with Crippen molar-refractivity contribution in [2.45, 2.75) is 276 Å². The monoisotopic (exact) mass is 1030 g/mol. The Morgan fingerprint density at radius 3 is 0.884 bits per heavy atom. The molecule has 0 aromatic rings. The quantitative estimate of drug-likeness (QED) is 0.109. The summed E-state index contributed by atoms with van der Waals surface area (Å²) in [6, 6.07) is 0. The summed E-state index contributed by atoms with van der Waals surface area (Å²) in [5.41, 5.74) is -9.50. The first kappa shape index (κ1) is 66.0. The molecule has 6 saturated heterocycles. The highest BCUT2D eigenvalue weighted by atomic mass is 35.5. The molecule has 6 unspecified atom stereocenters. The minimum atomic E-state index is -1.74. The number of carbonyl (C=O) groups is 1. The number of ether oxygens (including phenoxy) is 7. The molecule has 412 valence electrons. The normalized spacial score (nSPS) is 49.7. The summed E-state index contributed by atoms with van der Waals surface area (Å²) in [6.45, 7) is 31.5. The van der Waals surface area contributed by atoms with E-state index in [1.807, 2.05) is 62.3 Å². The molecule has 0 spiro atoms. The summed E-state index contributed by atoms with van der Waals surface area (Å²) in [6.07, 6.45) is -3.47. The van der Waals surface area contributed by atoms with Crippen LogP contribution >= 0.6 is 11.6 Å². The molecular formula is C50H91ClF6O12. The van der Waals surface area contributed by atoms with Crippen LogP contribution in [0.25, 0.3) is 0 Å². The number of alkyl halides is 7. The zero-order valence-electron chi connectivity index (χ0n) is 44.8. The van der Waals surface area contributed by atoms with E-state index in [1.165, 1.54) is 34.6 Å². The summed E-state index contributed by atoms with van der Waals surface area (Å²) in [4.78, 5) is 10.7. The largest absolute Gasteiger partial charge is 0.432 e. The predicted octanol–water partition coefficient (Wildman–Crippen LogP) is 9.58. The fraction of sp³-hybridized carbons (Fsp3) is 0.980. The van der Waals surface area contributed by atoms with Crippen LogP contribution in [0.5, 0.6) is 0 Å². The van der Waals surface area contributed by atoms with Gasteiger partial charge in [0.05, 0.1) is 62.0 Å². The van der Waals surface area contributed by atoms with Crippen molar-refractivity contribution in [3.05, 3.63) is 0 Å². The number of aliphatic hydroxyl groups excluding tert-OH is 4. The number of esters is 1. The Bertz CT molecular complexity index is 1330. The van der Waals surface area contributed by atoms with Crippen LogP contribution in [-0.4, -0.2) is 159 Å². The van der Waals surface area contributed by atoms with Gasteiger partial charge in [0.1, 0.15) is 35.8 Å². The average molecular weight is 1030 g/mol. The Hall–Kier alpha value is -1.06. The summed E-state index contributed by atoms with van der Waals surface area (Å²) in [7, 11) is 0. The fourth-order valence-corrected chi connectivity index (χ4v) is 9.31. The van der Waals surface area contributed by atoms with Crippen molar-refractivity contribution in [2.24, 2.45) is 23.7 Å². The molecular weight excluding hydrogens is 942 g/mol. The molecule has 6 aliphatic heterocycles. The first-order valence-electron chi connectivity index (χ1n) is 24.8. The van der Waals surface area contributed by atoms with Crippen LogP contribution in [0.1, 0.15) is 157 Å². The maximum atomic E-state index is 14.1. The van der Waals surface area contributed by atoms with Crippen molar-refractivity contribution < 1.29 is 84.7 Å². The third kappa shape index (κ3) is 15.5. The van der Waals surface area contributed by atoms with Crippen molar-refractivity contribution in [1.29, 1.82) is 0 Å². The molecule has 6 fully saturated rings. The van der Waals surface area contributed by atoms with Crippen LogP contribution in [-0.2, 0) is 38.0 Å². The third-order valence-electron chi connectivity index (χ3n) is 16.1. The smallest absolute Gasteiger partial charge is 0.305 e. The van der Waals surface area contributed by atoms with Gasteiger partial charge in [-0.1, -0.05) is 67.0 Å². The average Bonchev–Trinajstić information content (AvgIpc) is 3.92. The van der Waals surface area contributed by atoms with E-state index in [1.54, 1.807) is 34.6 Å². The van der Waals surface area contributed by atoms with Crippen LogP contribution in [0.15, 0.2) is 0 Å². The SMILES string of the molecule is CC[C@H]1O[C@@H](C)C(C)(F)[C@H]1C.CC[C@H]1O[C@@H](C)C(C)(F)[C@H]1C.CC[C@H]1O[C@@H](Cl)C(C)(F)[C@H]1C.CC[C@H]1O[C@@H](OC(C)=O)C(C)(F)[C@H]1C.C[C@@H]1O[C@H](CO)[C@H](O)C1(C)F.C[C@@H]1O[C@H](CO)[C@H](O)C1(C)F. The van der Waals surface area contributed by atoms with Crippen LogP contribution in [0.4, 0.5) is 26.3 Å². The van der Waals surface area contributed by atoms with E-state index in [0.29, 0.717) is 0 Å². The fourth-order valence-electron chi connectivity index (χ4n) is 8.98. The Morgan fingerprint density at radius 1 is 0.464 bits per heavy atom. The lowest BCUT2D eigenvalue weighted by molar-refractivity contribution is -0.191. The Morgan fingerprint density at radius 2 is 0.725 bits per heavy atom. The van der Waals surface area contributed by atoms with Crippen LogP contribution in [0, 0.1) is 23.7 Å².